The summed E-state index contributed by atoms with van der Waals surface area (Å²) >= 11 is 1.63. The van der Waals surface area contributed by atoms with Gasteiger partial charge in [0.15, 0.2) is 0 Å². The van der Waals surface area contributed by atoms with Gasteiger partial charge >= 0.3 is 0 Å². The summed E-state index contributed by atoms with van der Waals surface area (Å²) in [4.78, 5) is 43.6. The number of amides is 3. The van der Waals surface area contributed by atoms with E-state index in [9.17, 15) is 19.5 Å². The number of rotatable bonds is 9. The van der Waals surface area contributed by atoms with Crippen LogP contribution in [0.2, 0.25) is 0 Å². The zero-order valence-corrected chi connectivity index (χ0v) is 23.6. The van der Waals surface area contributed by atoms with Gasteiger partial charge in [0.2, 0.25) is 17.7 Å². The molecule has 8 nitrogen and oxygen atoms in total. The molecule has 3 fully saturated rings. The van der Waals surface area contributed by atoms with Crippen LogP contribution in [-0.2, 0) is 20.9 Å². The molecule has 3 amide bonds. The van der Waals surface area contributed by atoms with E-state index in [0.717, 1.165) is 12.0 Å². The quantitative estimate of drug-likeness (QED) is 0.442. The lowest BCUT2D eigenvalue weighted by atomic mass is 9.66. The van der Waals surface area contributed by atoms with Crippen molar-refractivity contribution in [2.24, 2.45) is 23.7 Å². The van der Waals surface area contributed by atoms with E-state index in [1.165, 1.54) is 0 Å². The summed E-state index contributed by atoms with van der Waals surface area (Å²) in [5, 5.41) is 16.4. The standard InChI is InChI=1S/C30H37N3O5S/c1-17(2)22(16-34)33-26(28(36)32-20-10-12-21(38-4)13-11-20)30-18(3)14-23(39-30)24(25(30)29(33)37)27(35)31-15-19-8-6-5-7-9-19/h5-13,17-18,22-26,34H,14-16H2,1-4H3,(H,31,35)(H,32,36)/t18?,22-,23+,24-,25-,26?,30?/m0/s1. The fraction of sp³-hybridized carbons (Fsp3) is 0.500. The largest absolute Gasteiger partial charge is 0.497 e. The summed E-state index contributed by atoms with van der Waals surface area (Å²) < 4.78 is 4.48. The normalized spacial score (nSPS) is 29.8. The first-order chi connectivity index (χ1) is 18.7. The SMILES string of the molecule is COc1ccc(NC(=O)C2N([C@@H](CO)C(C)C)C(=O)[C@@H]3[C@@H](C(=O)NCc4ccccc4)[C@H]4CC(C)C23S4)cc1. The van der Waals surface area contributed by atoms with Gasteiger partial charge in [-0.15, -0.1) is 11.8 Å². The number of carbonyl (C=O) groups is 3. The number of hydrogen-bond acceptors (Lipinski definition) is 6. The summed E-state index contributed by atoms with van der Waals surface area (Å²) in [6.07, 6.45) is 0.753. The topological polar surface area (TPSA) is 108 Å². The predicted octanol–water partition coefficient (Wildman–Crippen LogP) is 3.30. The molecule has 3 aliphatic rings. The molecular weight excluding hydrogens is 514 g/mol. The molecule has 0 saturated carbocycles. The molecule has 0 radical (unpaired) electrons. The molecule has 39 heavy (non-hydrogen) atoms. The molecule has 2 aromatic rings. The molecule has 2 bridgehead atoms. The second-order valence-electron chi connectivity index (χ2n) is 11.2. The number of ether oxygens (including phenoxy) is 1. The van der Waals surface area contributed by atoms with E-state index in [1.807, 2.05) is 44.2 Å². The molecule has 3 aliphatic heterocycles. The Morgan fingerprint density at radius 2 is 1.82 bits per heavy atom. The zero-order chi connectivity index (χ0) is 27.9. The van der Waals surface area contributed by atoms with E-state index < -0.39 is 28.7 Å². The van der Waals surface area contributed by atoms with Crippen molar-refractivity contribution in [3.8, 4) is 5.75 Å². The van der Waals surface area contributed by atoms with Crippen molar-refractivity contribution in [1.29, 1.82) is 0 Å². The van der Waals surface area contributed by atoms with Gasteiger partial charge in [-0.3, -0.25) is 14.4 Å². The first kappa shape index (κ1) is 27.5. The maximum absolute atomic E-state index is 14.3. The number of fused-ring (bicyclic) bond motifs is 1. The Kier molecular flexibility index (Phi) is 7.66. The Morgan fingerprint density at radius 3 is 2.44 bits per heavy atom. The smallest absolute Gasteiger partial charge is 0.248 e. The van der Waals surface area contributed by atoms with Crippen molar-refractivity contribution >= 4 is 35.2 Å². The third-order valence-electron chi connectivity index (χ3n) is 8.72. The van der Waals surface area contributed by atoms with Crippen LogP contribution in [-0.4, -0.2) is 63.5 Å². The van der Waals surface area contributed by atoms with Gasteiger partial charge in [-0.2, -0.15) is 0 Å². The molecule has 3 unspecified atom stereocenters. The minimum atomic E-state index is -0.812. The second-order valence-corrected chi connectivity index (χ2v) is 12.8. The van der Waals surface area contributed by atoms with E-state index in [-0.39, 0.29) is 41.4 Å². The summed E-state index contributed by atoms with van der Waals surface area (Å²) in [5.74, 6) is -1.17. The average molecular weight is 552 g/mol. The Labute approximate surface area is 233 Å². The van der Waals surface area contributed by atoms with Gasteiger partial charge in [0, 0.05) is 17.5 Å². The number of likely N-dealkylation sites (tertiary alicyclic amines) is 1. The van der Waals surface area contributed by atoms with Gasteiger partial charge < -0.3 is 25.4 Å². The van der Waals surface area contributed by atoms with Crippen LogP contribution in [0.3, 0.4) is 0 Å². The van der Waals surface area contributed by atoms with Gasteiger partial charge in [-0.1, -0.05) is 51.1 Å². The number of nitrogens with zero attached hydrogens (tertiary/aromatic N) is 1. The van der Waals surface area contributed by atoms with Gasteiger partial charge in [0.1, 0.15) is 11.8 Å². The first-order valence-electron chi connectivity index (χ1n) is 13.6. The number of thioether (sulfide) groups is 1. The first-order valence-corrected chi connectivity index (χ1v) is 14.5. The second kappa shape index (κ2) is 10.8. The molecular formula is C30H37N3O5S. The van der Waals surface area contributed by atoms with Crippen LogP contribution in [0.4, 0.5) is 5.69 Å². The maximum Gasteiger partial charge on any atom is 0.248 e. The fourth-order valence-electron chi connectivity index (χ4n) is 6.82. The molecule has 3 heterocycles. The third-order valence-corrected chi connectivity index (χ3v) is 10.8. The van der Waals surface area contributed by atoms with Crippen LogP contribution in [0.5, 0.6) is 5.75 Å². The lowest BCUT2D eigenvalue weighted by molar-refractivity contribution is -0.143. The lowest BCUT2D eigenvalue weighted by Gasteiger charge is -2.40. The van der Waals surface area contributed by atoms with Crippen LogP contribution in [0, 0.1) is 23.7 Å². The van der Waals surface area contributed by atoms with Gasteiger partial charge in [0.05, 0.1) is 36.3 Å². The highest BCUT2D eigenvalue weighted by Gasteiger charge is 2.76. The van der Waals surface area contributed by atoms with Crippen LogP contribution in [0.25, 0.3) is 0 Å². The van der Waals surface area contributed by atoms with Crippen LogP contribution >= 0.6 is 11.8 Å². The van der Waals surface area contributed by atoms with Crippen molar-refractivity contribution in [3.63, 3.8) is 0 Å². The van der Waals surface area contributed by atoms with Crippen molar-refractivity contribution in [2.75, 3.05) is 19.0 Å². The van der Waals surface area contributed by atoms with Gasteiger partial charge in [-0.05, 0) is 48.1 Å². The molecule has 0 aromatic heterocycles. The third kappa shape index (κ3) is 4.59. The number of carbonyl (C=O) groups excluding carboxylic acids is 3. The number of methoxy groups -OCH3 is 1. The van der Waals surface area contributed by atoms with E-state index in [1.54, 1.807) is 48.0 Å². The fourth-order valence-corrected chi connectivity index (χ4v) is 9.23. The van der Waals surface area contributed by atoms with E-state index in [0.29, 0.717) is 18.0 Å². The minimum absolute atomic E-state index is 0.0442. The molecule has 5 rings (SSSR count). The van der Waals surface area contributed by atoms with Crippen molar-refractivity contribution in [1.82, 2.24) is 10.2 Å². The van der Waals surface area contributed by atoms with E-state index in [4.69, 9.17) is 4.74 Å². The zero-order valence-electron chi connectivity index (χ0n) is 22.8. The Balaban J connectivity index is 1.49. The number of aliphatic hydroxyl groups is 1. The highest BCUT2D eigenvalue weighted by atomic mass is 32.2. The molecule has 1 spiro atoms. The molecule has 2 aromatic carbocycles. The average Bonchev–Trinajstić information content (AvgIpc) is 3.52. The highest BCUT2D eigenvalue weighted by Crippen LogP contribution is 2.69. The minimum Gasteiger partial charge on any atom is -0.497 e. The molecule has 9 heteroatoms. The summed E-state index contributed by atoms with van der Waals surface area (Å²) in [6, 6.07) is 15.4. The summed E-state index contributed by atoms with van der Waals surface area (Å²) in [5.41, 5.74) is 1.58. The van der Waals surface area contributed by atoms with Crippen molar-refractivity contribution in [3.05, 3.63) is 60.2 Å². The van der Waals surface area contributed by atoms with Crippen LogP contribution < -0.4 is 15.4 Å². The molecule has 0 aliphatic carbocycles. The summed E-state index contributed by atoms with van der Waals surface area (Å²) in [7, 11) is 1.58. The van der Waals surface area contributed by atoms with Gasteiger partial charge in [-0.25, -0.2) is 0 Å². The maximum atomic E-state index is 14.3. The van der Waals surface area contributed by atoms with Crippen LogP contribution in [0.15, 0.2) is 54.6 Å². The highest BCUT2D eigenvalue weighted by molar-refractivity contribution is 8.02. The van der Waals surface area contributed by atoms with Gasteiger partial charge in [0.25, 0.3) is 0 Å². The van der Waals surface area contributed by atoms with E-state index in [2.05, 4.69) is 17.6 Å². The lowest BCUT2D eigenvalue weighted by Crippen LogP contribution is -2.58. The monoisotopic (exact) mass is 551 g/mol. The molecule has 3 N–H and O–H groups in total. The number of aliphatic hydroxyl groups excluding tert-OH is 1. The van der Waals surface area contributed by atoms with Crippen LogP contribution in [0.1, 0.15) is 32.8 Å². The number of benzene rings is 2. The Morgan fingerprint density at radius 1 is 1.13 bits per heavy atom. The van der Waals surface area contributed by atoms with E-state index >= 15 is 0 Å². The predicted molar refractivity (Wildman–Crippen MR) is 151 cm³/mol. The Bertz CT molecular complexity index is 1220. The molecule has 7 atom stereocenters. The Hall–Kier alpha value is -3.04. The number of hydrogen-bond donors (Lipinski definition) is 3. The van der Waals surface area contributed by atoms with Crippen molar-refractivity contribution in [2.45, 2.75) is 55.8 Å². The van der Waals surface area contributed by atoms with Crippen molar-refractivity contribution < 1.29 is 24.2 Å². The number of anilines is 1. The molecule has 3 saturated heterocycles. The molecule has 208 valence electrons. The number of nitrogens with one attached hydrogen (secondary N) is 2. The summed E-state index contributed by atoms with van der Waals surface area (Å²) in [6.45, 7) is 6.10.